The lowest BCUT2D eigenvalue weighted by atomic mass is 9.90. The van der Waals surface area contributed by atoms with Crippen molar-refractivity contribution in [2.75, 3.05) is 13.2 Å². The van der Waals surface area contributed by atoms with E-state index in [1.165, 1.54) is 6.92 Å². The molecule has 0 amide bonds. The van der Waals surface area contributed by atoms with Crippen LogP contribution in [0.1, 0.15) is 20.8 Å². The summed E-state index contributed by atoms with van der Waals surface area (Å²) in [4.78, 5) is 34.1. The van der Waals surface area contributed by atoms with Crippen LogP contribution in [0.2, 0.25) is 13.1 Å². The van der Waals surface area contributed by atoms with Gasteiger partial charge < -0.3 is 14.3 Å². The number of hydrogen-bond acceptors (Lipinski definition) is 5. The molecular weight excluding hydrogens is 252 g/mol. The van der Waals surface area contributed by atoms with E-state index in [4.69, 9.17) is 9.47 Å². The maximum Gasteiger partial charge on any atom is 0.327 e. The third-order valence-electron chi connectivity index (χ3n) is 2.71. The average Bonchev–Trinajstić information content (AvgIpc) is 2.26. The van der Waals surface area contributed by atoms with E-state index in [1.54, 1.807) is 26.9 Å². The summed E-state index contributed by atoms with van der Waals surface area (Å²) in [6.07, 6.45) is 0. The maximum absolute atomic E-state index is 12.0. The van der Waals surface area contributed by atoms with Gasteiger partial charge in [0.25, 0.3) is 0 Å². The Morgan fingerprint density at radius 1 is 1.17 bits per heavy atom. The fourth-order valence-electron chi connectivity index (χ4n) is 1.49. The molecule has 6 heteroatoms. The van der Waals surface area contributed by atoms with E-state index in [-0.39, 0.29) is 18.4 Å². The molecule has 0 aromatic heterocycles. The fourth-order valence-corrected chi connectivity index (χ4v) is 2.92. The average molecular weight is 274 g/mol. The van der Waals surface area contributed by atoms with Gasteiger partial charge in [-0.2, -0.15) is 0 Å². The summed E-state index contributed by atoms with van der Waals surface area (Å²) >= 11 is 0. The van der Waals surface area contributed by atoms with Gasteiger partial charge >= 0.3 is 11.9 Å². The zero-order valence-corrected chi connectivity index (χ0v) is 12.7. The van der Waals surface area contributed by atoms with Gasteiger partial charge in [-0.25, -0.2) is 0 Å². The van der Waals surface area contributed by atoms with Crippen LogP contribution < -0.4 is 0 Å². The van der Waals surface area contributed by atoms with Gasteiger partial charge in [-0.15, -0.1) is 0 Å². The molecule has 5 nitrogen and oxygen atoms in total. The van der Waals surface area contributed by atoms with Gasteiger partial charge in [-0.1, -0.05) is 6.58 Å². The molecule has 0 rings (SSSR count). The van der Waals surface area contributed by atoms with Crippen molar-refractivity contribution in [2.45, 2.75) is 33.9 Å². The SMILES string of the molecule is C=C(C(C)(C(=O)OCC)C(=O)OCC)[Si](C)(C)O. The summed E-state index contributed by atoms with van der Waals surface area (Å²) in [7, 11) is -2.88. The lowest BCUT2D eigenvalue weighted by molar-refractivity contribution is -0.167. The van der Waals surface area contributed by atoms with Crippen molar-refractivity contribution in [1.82, 2.24) is 0 Å². The van der Waals surface area contributed by atoms with Crippen LogP contribution in [0.4, 0.5) is 0 Å². The quantitative estimate of drug-likeness (QED) is 0.450. The topological polar surface area (TPSA) is 72.8 Å². The number of esters is 2. The second-order valence-electron chi connectivity index (χ2n) is 4.60. The molecule has 1 N–H and O–H groups in total. The molecule has 0 atom stereocenters. The Hall–Kier alpha value is -1.14. The maximum atomic E-state index is 12.0. The highest BCUT2D eigenvalue weighted by Gasteiger charge is 2.51. The van der Waals surface area contributed by atoms with Gasteiger partial charge in [-0.3, -0.25) is 9.59 Å². The number of carbonyl (C=O) groups is 2. The molecule has 0 aliphatic carbocycles. The van der Waals surface area contributed by atoms with Crippen molar-refractivity contribution in [3.05, 3.63) is 11.8 Å². The van der Waals surface area contributed by atoms with Crippen molar-refractivity contribution in [2.24, 2.45) is 5.41 Å². The van der Waals surface area contributed by atoms with Gasteiger partial charge in [0.2, 0.25) is 8.32 Å². The molecule has 0 heterocycles. The molecule has 0 unspecified atom stereocenters. The smallest absolute Gasteiger partial charge is 0.327 e. The standard InChI is InChI=1S/C12H22O5Si/c1-7-16-10(13)12(4,11(14)17-8-2)9(3)18(5,6)15/h15H,3,7-8H2,1-2,4-6H3. The molecule has 0 aromatic rings. The Labute approximate surface area is 109 Å². The lowest BCUT2D eigenvalue weighted by Gasteiger charge is -2.32. The molecule has 0 saturated heterocycles. The molecule has 0 aromatic carbocycles. The minimum absolute atomic E-state index is 0.147. The van der Waals surface area contributed by atoms with E-state index >= 15 is 0 Å². The van der Waals surface area contributed by atoms with Gasteiger partial charge in [0.15, 0.2) is 5.41 Å². The molecule has 0 fully saturated rings. The summed E-state index contributed by atoms with van der Waals surface area (Å²) < 4.78 is 9.80. The largest absolute Gasteiger partial charge is 0.465 e. The molecule has 0 bridgehead atoms. The van der Waals surface area contributed by atoms with E-state index in [2.05, 4.69) is 6.58 Å². The van der Waals surface area contributed by atoms with E-state index in [0.29, 0.717) is 0 Å². The number of carbonyl (C=O) groups excluding carboxylic acids is 2. The molecular formula is C12H22O5Si. The van der Waals surface area contributed by atoms with Gasteiger partial charge in [-0.05, 0) is 39.1 Å². The first-order valence-corrected chi connectivity index (χ1v) is 8.83. The van der Waals surface area contributed by atoms with E-state index in [0.717, 1.165) is 0 Å². The third kappa shape index (κ3) is 3.43. The summed E-state index contributed by atoms with van der Waals surface area (Å²) in [5, 5.41) is 0.187. The molecule has 104 valence electrons. The van der Waals surface area contributed by atoms with Crippen LogP contribution in [0, 0.1) is 5.41 Å². The molecule has 18 heavy (non-hydrogen) atoms. The summed E-state index contributed by atoms with van der Waals surface area (Å²) in [6.45, 7) is 11.9. The molecule has 0 saturated carbocycles. The Morgan fingerprint density at radius 3 is 1.72 bits per heavy atom. The van der Waals surface area contributed by atoms with Crippen LogP contribution in [0.25, 0.3) is 0 Å². The minimum atomic E-state index is -2.88. The first-order valence-electron chi connectivity index (χ1n) is 5.89. The highest BCUT2D eigenvalue weighted by Crippen LogP contribution is 2.34. The van der Waals surface area contributed by atoms with Crippen LogP contribution in [0.5, 0.6) is 0 Å². The highest BCUT2D eigenvalue weighted by atomic mass is 28.4. The zero-order chi connectivity index (χ0) is 14.6. The third-order valence-corrected chi connectivity index (χ3v) is 4.69. The Balaban J connectivity index is 5.49. The molecule has 0 spiro atoms. The molecule has 0 aliphatic heterocycles. The van der Waals surface area contributed by atoms with Crippen molar-refractivity contribution < 1.29 is 23.9 Å². The van der Waals surface area contributed by atoms with Crippen molar-refractivity contribution >= 4 is 20.3 Å². The minimum Gasteiger partial charge on any atom is -0.465 e. The number of hydrogen-bond donors (Lipinski definition) is 1. The Bertz CT molecular complexity index is 325. The Kier molecular flexibility index (Phi) is 5.76. The predicted octanol–water partition coefficient (Wildman–Crippen LogP) is 1.41. The molecule has 0 aliphatic rings. The Morgan fingerprint density at radius 2 is 1.50 bits per heavy atom. The molecule has 0 radical (unpaired) electrons. The normalized spacial score (nSPS) is 11.9. The first-order chi connectivity index (χ1) is 8.12. The van der Waals surface area contributed by atoms with Gasteiger partial charge in [0, 0.05) is 0 Å². The predicted molar refractivity (Wildman–Crippen MR) is 70.2 cm³/mol. The van der Waals surface area contributed by atoms with E-state index in [1.807, 2.05) is 0 Å². The second kappa shape index (κ2) is 6.15. The van der Waals surface area contributed by atoms with Crippen LogP contribution in [0.3, 0.4) is 0 Å². The van der Waals surface area contributed by atoms with Crippen LogP contribution in [-0.4, -0.2) is 38.3 Å². The zero-order valence-electron chi connectivity index (χ0n) is 11.7. The van der Waals surface area contributed by atoms with Crippen LogP contribution >= 0.6 is 0 Å². The van der Waals surface area contributed by atoms with Crippen molar-refractivity contribution in [3.8, 4) is 0 Å². The lowest BCUT2D eigenvalue weighted by Crippen LogP contribution is -2.48. The summed E-state index contributed by atoms with van der Waals surface area (Å²) in [5.74, 6) is -1.47. The summed E-state index contributed by atoms with van der Waals surface area (Å²) in [6, 6.07) is 0. The first kappa shape index (κ1) is 16.9. The van der Waals surface area contributed by atoms with Gasteiger partial charge in [0.05, 0.1) is 13.2 Å². The number of ether oxygens (including phenoxy) is 2. The van der Waals surface area contributed by atoms with E-state index < -0.39 is 25.7 Å². The van der Waals surface area contributed by atoms with Crippen molar-refractivity contribution in [3.63, 3.8) is 0 Å². The summed E-state index contributed by atoms with van der Waals surface area (Å²) in [5.41, 5.74) is -1.64. The monoisotopic (exact) mass is 274 g/mol. The van der Waals surface area contributed by atoms with Crippen LogP contribution in [0.15, 0.2) is 11.8 Å². The van der Waals surface area contributed by atoms with E-state index in [9.17, 15) is 14.4 Å². The van der Waals surface area contributed by atoms with Gasteiger partial charge in [0.1, 0.15) is 0 Å². The fraction of sp³-hybridized carbons (Fsp3) is 0.667. The van der Waals surface area contributed by atoms with Crippen molar-refractivity contribution in [1.29, 1.82) is 0 Å². The number of rotatable bonds is 6. The highest BCUT2D eigenvalue weighted by molar-refractivity contribution is 6.78. The second-order valence-corrected chi connectivity index (χ2v) is 8.33. The van der Waals surface area contributed by atoms with Crippen LogP contribution in [-0.2, 0) is 19.1 Å².